The number of anilines is 2. The number of benzene rings is 1. The van der Waals surface area contributed by atoms with Crippen molar-refractivity contribution >= 4 is 21.8 Å². The molecule has 6 N–H and O–H groups in total. The summed E-state index contributed by atoms with van der Waals surface area (Å²) in [7, 11) is -4.67. The van der Waals surface area contributed by atoms with Crippen molar-refractivity contribution in [3.8, 4) is 0 Å². The van der Waals surface area contributed by atoms with Crippen LogP contribution < -0.4 is 11.5 Å². The molecule has 11 heteroatoms. The number of hydrogen-bond acceptors (Lipinski definition) is 4. The van der Waals surface area contributed by atoms with Crippen molar-refractivity contribution in [2.24, 2.45) is 0 Å². The van der Waals surface area contributed by atoms with Crippen LogP contribution in [0.4, 0.5) is 28.9 Å². The Kier molecular flexibility index (Phi) is 4.68. The summed E-state index contributed by atoms with van der Waals surface area (Å²) in [4.78, 5) is 0. The largest absolute Gasteiger partial charge is 0.394 e. The molecule has 0 bridgehead atoms. The Balaban J connectivity index is 0.000000437. The Morgan fingerprint density at radius 3 is 1.00 bits per heavy atom. The fraction of sp³-hybridized carbons (Fsp3) is 0. The molecule has 6 nitrogen and oxygen atoms in total. The molecule has 0 heterocycles. The zero-order chi connectivity index (χ0) is 14.0. The molecule has 98 valence electrons. The first-order valence-electron chi connectivity index (χ1n) is 3.53. The Morgan fingerprint density at radius 1 is 0.765 bits per heavy atom. The van der Waals surface area contributed by atoms with Crippen molar-refractivity contribution in [2.75, 3.05) is 11.5 Å². The molecule has 1 aromatic carbocycles. The van der Waals surface area contributed by atoms with Crippen LogP contribution >= 0.6 is 0 Å². The summed E-state index contributed by atoms with van der Waals surface area (Å²) in [5.74, 6) is -6.70. The molecule has 0 aliphatic rings. The predicted octanol–water partition coefficient (Wildman–Crippen LogP) is 0.755. The van der Waals surface area contributed by atoms with Gasteiger partial charge in [-0.15, -0.1) is 0 Å². The minimum absolute atomic E-state index is 1.21. The van der Waals surface area contributed by atoms with E-state index in [1.807, 2.05) is 0 Å². The highest BCUT2D eigenvalue weighted by Gasteiger charge is 2.21. The van der Waals surface area contributed by atoms with E-state index in [4.69, 9.17) is 17.5 Å². The summed E-state index contributed by atoms with van der Waals surface area (Å²) in [5, 5.41) is 0. The van der Waals surface area contributed by atoms with Gasteiger partial charge in [0.25, 0.3) is 0 Å². The van der Waals surface area contributed by atoms with Gasteiger partial charge in [-0.25, -0.2) is 17.6 Å². The van der Waals surface area contributed by atoms with Crippen LogP contribution in [0.5, 0.6) is 0 Å². The normalized spacial score (nSPS) is 10.7. The summed E-state index contributed by atoms with van der Waals surface area (Å²) in [6.45, 7) is 0. The van der Waals surface area contributed by atoms with E-state index < -0.39 is 45.0 Å². The lowest BCUT2D eigenvalue weighted by atomic mass is 10.2. The van der Waals surface area contributed by atoms with Crippen LogP contribution in [0.15, 0.2) is 0 Å². The van der Waals surface area contributed by atoms with Gasteiger partial charge in [0, 0.05) is 0 Å². The smallest absolute Gasteiger partial charge is 0.394 e. The summed E-state index contributed by atoms with van der Waals surface area (Å²) in [5.41, 5.74) is 6.92. The summed E-state index contributed by atoms with van der Waals surface area (Å²) < 4.78 is 81.4. The zero-order valence-corrected chi connectivity index (χ0v) is 8.60. The quantitative estimate of drug-likeness (QED) is 0.240. The minimum atomic E-state index is -4.67. The van der Waals surface area contributed by atoms with Gasteiger partial charge in [-0.05, 0) is 0 Å². The standard InChI is InChI=1S/C6H4F4N2.H2O4S/c7-1-2(8)6(12)4(10)3(9)5(1)11;1-5(2,3)4/h11-12H2;(H2,1,2,3,4). The number of hydrogen-bond donors (Lipinski definition) is 4. The Hall–Kier alpha value is -1.59. The molecule has 0 fully saturated rings. The van der Waals surface area contributed by atoms with Crippen molar-refractivity contribution in [1.29, 1.82) is 0 Å². The van der Waals surface area contributed by atoms with Crippen LogP contribution in [0.25, 0.3) is 0 Å². The Labute approximate surface area is 92.4 Å². The molecule has 0 saturated carbocycles. The van der Waals surface area contributed by atoms with Crippen LogP contribution in [0.2, 0.25) is 0 Å². The van der Waals surface area contributed by atoms with Gasteiger partial charge in [0.1, 0.15) is 11.4 Å². The molecule has 0 radical (unpaired) electrons. The highest BCUT2D eigenvalue weighted by molar-refractivity contribution is 7.79. The third-order valence-corrected chi connectivity index (χ3v) is 1.33. The van der Waals surface area contributed by atoms with E-state index in [-0.39, 0.29) is 0 Å². The second-order valence-corrected chi connectivity index (χ2v) is 3.43. The van der Waals surface area contributed by atoms with Crippen LogP contribution in [0, 0.1) is 23.3 Å². The third kappa shape index (κ3) is 4.42. The molecule has 0 atom stereocenters. The summed E-state index contributed by atoms with van der Waals surface area (Å²) in [6.07, 6.45) is 0. The predicted molar refractivity (Wildman–Crippen MR) is 49.3 cm³/mol. The van der Waals surface area contributed by atoms with Crippen LogP contribution in [-0.2, 0) is 10.4 Å². The van der Waals surface area contributed by atoms with E-state index in [0.717, 1.165) is 0 Å². The summed E-state index contributed by atoms with van der Waals surface area (Å²) in [6, 6.07) is 0. The lowest BCUT2D eigenvalue weighted by molar-refractivity contribution is 0.381. The molecular formula is C6H6F4N2O4S. The van der Waals surface area contributed by atoms with Crippen molar-refractivity contribution in [3.05, 3.63) is 23.3 Å². The molecule has 0 aromatic heterocycles. The lowest BCUT2D eigenvalue weighted by Crippen LogP contribution is -2.07. The molecule has 0 unspecified atom stereocenters. The molecular weight excluding hydrogens is 272 g/mol. The van der Waals surface area contributed by atoms with Crippen LogP contribution in [0.1, 0.15) is 0 Å². The molecule has 17 heavy (non-hydrogen) atoms. The first-order valence-corrected chi connectivity index (χ1v) is 4.93. The van der Waals surface area contributed by atoms with Crippen LogP contribution in [-0.4, -0.2) is 17.5 Å². The number of halogens is 4. The van der Waals surface area contributed by atoms with E-state index in [2.05, 4.69) is 11.5 Å². The molecule has 0 spiro atoms. The molecule has 0 saturated heterocycles. The second kappa shape index (κ2) is 5.16. The number of nitrogen functional groups attached to an aromatic ring is 2. The number of rotatable bonds is 0. The van der Waals surface area contributed by atoms with Gasteiger partial charge in [0.05, 0.1) is 0 Å². The topological polar surface area (TPSA) is 127 Å². The van der Waals surface area contributed by atoms with E-state index in [9.17, 15) is 17.6 Å². The van der Waals surface area contributed by atoms with Crippen molar-refractivity contribution in [1.82, 2.24) is 0 Å². The first-order chi connectivity index (χ1) is 7.46. The highest BCUT2D eigenvalue weighted by Crippen LogP contribution is 2.26. The van der Waals surface area contributed by atoms with E-state index in [0.29, 0.717) is 0 Å². The maximum absolute atomic E-state index is 12.4. The fourth-order valence-electron chi connectivity index (χ4n) is 0.666. The van der Waals surface area contributed by atoms with Gasteiger partial charge in [-0.1, -0.05) is 0 Å². The maximum Gasteiger partial charge on any atom is 0.394 e. The lowest BCUT2D eigenvalue weighted by Gasteiger charge is -2.04. The second-order valence-electron chi connectivity index (χ2n) is 2.53. The molecule has 0 aliphatic carbocycles. The van der Waals surface area contributed by atoms with Gasteiger partial charge >= 0.3 is 10.4 Å². The van der Waals surface area contributed by atoms with Crippen LogP contribution in [0.3, 0.4) is 0 Å². The van der Waals surface area contributed by atoms with Crippen molar-refractivity contribution in [3.63, 3.8) is 0 Å². The monoisotopic (exact) mass is 278 g/mol. The van der Waals surface area contributed by atoms with Gasteiger partial charge in [0.15, 0.2) is 23.3 Å². The number of nitrogens with two attached hydrogens (primary N) is 2. The van der Waals surface area contributed by atoms with E-state index >= 15 is 0 Å². The average molecular weight is 278 g/mol. The Morgan fingerprint density at radius 2 is 0.882 bits per heavy atom. The van der Waals surface area contributed by atoms with E-state index in [1.54, 1.807) is 0 Å². The van der Waals surface area contributed by atoms with Gasteiger partial charge < -0.3 is 11.5 Å². The highest BCUT2D eigenvalue weighted by atomic mass is 32.3. The summed E-state index contributed by atoms with van der Waals surface area (Å²) >= 11 is 0. The fourth-order valence-corrected chi connectivity index (χ4v) is 0.666. The molecule has 1 rings (SSSR count). The van der Waals surface area contributed by atoms with Gasteiger partial charge in [-0.3, -0.25) is 9.11 Å². The Bertz CT molecular complexity index is 420. The van der Waals surface area contributed by atoms with Gasteiger partial charge in [0.2, 0.25) is 0 Å². The average Bonchev–Trinajstić information content (AvgIpc) is 2.18. The zero-order valence-electron chi connectivity index (χ0n) is 7.79. The van der Waals surface area contributed by atoms with E-state index in [1.165, 1.54) is 0 Å². The molecule has 0 aliphatic heterocycles. The SMILES string of the molecule is Nc1c(F)c(F)c(N)c(F)c1F.O=S(=O)(O)O. The molecule has 1 aromatic rings. The van der Waals surface area contributed by atoms with Gasteiger partial charge in [-0.2, -0.15) is 8.42 Å². The first kappa shape index (κ1) is 15.4. The minimum Gasteiger partial charge on any atom is -0.394 e. The third-order valence-electron chi connectivity index (χ3n) is 1.33. The van der Waals surface area contributed by atoms with Crippen molar-refractivity contribution < 1.29 is 35.1 Å². The molecule has 0 amide bonds. The van der Waals surface area contributed by atoms with Crippen molar-refractivity contribution in [2.45, 2.75) is 0 Å². The maximum atomic E-state index is 12.4.